The Morgan fingerprint density at radius 1 is 1.11 bits per heavy atom. The van der Waals surface area contributed by atoms with Crippen LogP contribution >= 0.6 is 0 Å². The third-order valence-corrected chi connectivity index (χ3v) is 3.72. The molecular formula is C19H19N5O3. The van der Waals surface area contributed by atoms with E-state index >= 15 is 0 Å². The molecule has 0 radical (unpaired) electrons. The van der Waals surface area contributed by atoms with Crippen molar-refractivity contribution in [2.24, 2.45) is 0 Å². The zero-order valence-corrected chi connectivity index (χ0v) is 15.0. The van der Waals surface area contributed by atoms with Gasteiger partial charge in [-0.25, -0.2) is 9.97 Å². The molecule has 0 saturated carbocycles. The Morgan fingerprint density at radius 3 is 2.74 bits per heavy atom. The Labute approximate surface area is 156 Å². The van der Waals surface area contributed by atoms with Gasteiger partial charge in [-0.3, -0.25) is 9.78 Å². The number of anilines is 2. The van der Waals surface area contributed by atoms with Gasteiger partial charge in [-0.05, 0) is 29.8 Å². The molecule has 8 nitrogen and oxygen atoms in total. The lowest BCUT2D eigenvalue weighted by molar-refractivity contribution is 0.0946. The number of carbonyl (C=O) groups is 1. The Kier molecular flexibility index (Phi) is 5.78. The van der Waals surface area contributed by atoms with Gasteiger partial charge in [0.15, 0.2) is 0 Å². The second-order valence-electron chi connectivity index (χ2n) is 5.50. The Balaban J connectivity index is 1.71. The fraction of sp³-hybridized carbons (Fsp3) is 0.158. The first-order chi connectivity index (χ1) is 13.2. The van der Waals surface area contributed by atoms with E-state index in [-0.39, 0.29) is 17.5 Å². The van der Waals surface area contributed by atoms with E-state index in [2.05, 4.69) is 25.6 Å². The Morgan fingerprint density at radius 2 is 2.00 bits per heavy atom. The second-order valence-corrected chi connectivity index (χ2v) is 5.50. The van der Waals surface area contributed by atoms with Crippen LogP contribution in [0.5, 0.6) is 11.5 Å². The van der Waals surface area contributed by atoms with Crippen LogP contribution in [-0.2, 0) is 6.54 Å². The van der Waals surface area contributed by atoms with Gasteiger partial charge in [0.05, 0.1) is 19.9 Å². The van der Waals surface area contributed by atoms with Gasteiger partial charge < -0.3 is 20.1 Å². The fourth-order valence-corrected chi connectivity index (χ4v) is 2.34. The van der Waals surface area contributed by atoms with Gasteiger partial charge >= 0.3 is 0 Å². The monoisotopic (exact) mass is 365 g/mol. The number of nitrogens with zero attached hydrogens (tertiary/aromatic N) is 3. The predicted octanol–water partition coefficient (Wildman–Crippen LogP) is 2.56. The maximum atomic E-state index is 12.3. The van der Waals surface area contributed by atoms with Crippen LogP contribution in [0.2, 0.25) is 0 Å². The molecule has 2 heterocycles. The Bertz CT molecular complexity index is 918. The van der Waals surface area contributed by atoms with Gasteiger partial charge in [0.1, 0.15) is 17.2 Å². The minimum absolute atomic E-state index is 0.254. The first-order valence-corrected chi connectivity index (χ1v) is 8.19. The van der Waals surface area contributed by atoms with Crippen molar-refractivity contribution in [3.8, 4) is 11.5 Å². The average molecular weight is 365 g/mol. The van der Waals surface area contributed by atoms with E-state index in [0.29, 0.717) is 23.7 Å². The molecule has 0 aliphatic carbocycles. The molecule has 0 saturated heterocycles. The molecule has 138 valence electrons. The standard InChI is InChI=1S/C19H19N5O3/c1-26-14-5-6-15(17(10-14)27-2)23-19-21-9-7-16(24-19)18(25)22-12-13-4-3-8-20-11-13/h3-11H,12H2,1-2H3,(H,22,25)(H,21,23,24). The van der Waals surface area contributed by atoms with Crippen LogP contribution < -0.4 is 20.1 Å². The number of amides is 1. The number of rotatable bonds is 7. The molecule has 3 aromatic rings. The highest BCUT2D eigenvalue weighted by Gasteiger charge is 2.11. The van der Waals surface area contributed by atoms with Crippen molar-refractivity contribution in [3.63, 3.8) is 0 Å². The van der Waals surface area contributed by atoms with Gasteiger partial charge in [-0.2, -0.15) is 0 Å². The summed E-state index contributed by atoms with van der Waals surface area (Å²) in [7, 11) is 3.14. The lowest BCUT2D eigenvalue weighted by atomic mass is 10.2. The summed E-state index contributed by atoms with van der Waals surface area (Å²) in [5.74, 6) is 1.23. The van der Waals surface area contributed by atoms with E-state index in [1.807, 2.05) is 12.1 Å². The van der Waals surface area contributed by atoms with E-state index in [9.17, 15) is 4.79 Å². The summed E-state index contributed by atoms with van der Waals surface area (Å²) in [5, 5.41) is 5.86. The van der Waals surface area contributed by atoms with E-state index in [4.69, 9.17) is 9.47 Å². The topological polar surface area (TPSA) is 98.3 Å². The Hall–Kier alpha value is -3.68. The summed E-state index contributed by atoms with van der Waals surface area (Å²) < 4.78 is 10.5. The fourth-order valence-electron chi connectivity index (χ4n) is 2.34. The highest BCUT2D eigenvalue weighted by atomic mass is 16.5. The molecule has 2 aromatic heterocycles. The number of nitrogens with one attached hydrogen (secondary N) is 2. The van der Waals surface area contributed by atoms with Gasteiger partial charge in [0.25, 0.3) is 5.91 Å². The first-order valence-electron chi connectivity index (χ1n) is 8.19. The summed E-state index contributed by atoms with van der Waals surface area (Å²) in [6.07, 6.45) is 4.90. The second kappa shape index (κ2) is 8.61. The number of pyridine rings is 1. The zero-order chi connectivity index (χ0) is 19.1. The molecule has 0 atom stereocenters. The van der Waals surface area contributed by atoms with Crippen molar-refractivity contribution in [2.45, 2.75) is 6.54 Å². The lowest BCUT2D eigenvalue weighted by Crippen LogP contribution is -2.24. The lowest BCUT2D eigenvalue weighted by Gasteiger charge is -2.12. The molecule has 0 fully saturated rings. The number of aromatic nitrogens is 3. The largest absolute Gasteiger partial charge is 0.497 e. The van der Waals surface area contributed by atoms with Crippen molar-refractivity contribution >= 4 is 17.5 Å². The molecule has 0 spiro atoms. The maximum absolute atomic E-state index is 12.3. The summed E-state index contributed by atoms with van der Waals surface area (Å²) in [4.78, 5) is 24.8. The van der Waals surface area contributed by atoms with Crippen LogP contribution in [0.4, 0.5) is 11.6 Å². The van der Waals surface area contributed by atoms with Crippen LogP contribution in [0.1, 0.15) is 16.1 Å². The SMILES string of the molecule is COc1ccc(Nc2nccc(C(=O)NCc3cccnc3)n2)c(OC)c1. The van der Waals surface area contributed by atoms with Gasteiger partial charge in [0, 0.05) is 31.2 Å². The normalized spacial score (nSPS) is 10.1. The molecule has 2 N–H and O–H groups in total. The molecule has 1 aromatic carbocycles. The van der Waals surface area contributed by atoms with Crippen LogP contribution in [0.15, 0.2) is 55.0 Å². The van der Waals surface area contributed by atoms with Crippen molar-refractivity contribution < 1.29 is 14.3 Å². The molecule has 1 amide bonds. The molecule has 27 heavy (non-hydrogen) atoms. The quantitative estimate of drug-likeness (QED) is 0.664. The smallest absolute Gasteiger partial charge is 0.270 e. The van der Waals surface area contributed by atoms with E-state index < -0.39 is 0 Å². The van der Waals surface area contributed by atoms with Crippen LogP contribution in [0.3, 0.4) is 0 Å². The van der Waals surface area contributed by atoms with Gasteiger partial charge in [-0.1, -0.05) is 6.07 Å². The molecule has 0 aliphatic rings. The molecule has 0 aliphatic heterocycles. The van der Waals surface area contributed by atoms with Crippen LogP contribution in [0.25, 0.3) is 0 Å². The van der Waals surface area contributed by atoms with Gasteiger partial charge in [-0.15, -0.1) is 0 Å². The van der Waals surface area contributed by atoms with Crippen molar-refractivity contribution in [1.29, 1.82) is 0 Å². The van der Waals surface area contributed by atoms with Crippen molar-refractivity contribution in [3.05, 3.63) is 66.2 Å². The van der Waals surface area contributed by atoms with Gasteiger partial charge in [0.2, 0.25) is 5.95 Å². The number of methoxy groups -OCH3 is 2. The third-order valence-electron chi connectivity index (χ3n) is 3.72. The minimum Gasteiger partial charge on any atom is -0.497 e. The average Bonchev–Trinajstić information content (AvgIpc) is 2.73. The van der Waals surface area contributed by atoms with E-state index in [1.165, 1.54) is 6.20 Å². The third kappa shape index (κ3) is 4.69. The summed E-state index contributed by atoms with van der Waals surface area (Å²) in [5.41, 5.74) is 1.82. The number of hydrogen-bond donors (Lipinski definition) is 2. The number of benzene rings is 1. The van der Waals surface area contributed by atoms with Crippen LogP contribution in [0, 0.1) is 0 Å². The molecule has 0 bridgehead atoms. The number of carbonyl (C=O) groups excluding carboxylic acids is 1. The highest BCUT2D eigenvalue weighted by molar-refractivity contribution is 5.92. The minimum atomic E-state index is -0.300. The molecule has 3 rings (SSSR count). The van der Waals surface area contributed by atoms with Crippen LogP contribution in [-0.4, -0.2) is 35.1 Å². The molecule has 0 unspecified atom stereocenters. The van der Waals surface area contributed by atoms with Crippen molar-refractivity contribution in [2.75, 3.05) is 19.5 Å². The number of ether oxygens (including phenoxy) is 2. The zero-order valence-electron chi connectivity index (χ0n) is 15.0. The molecular weight excluding hydrogens is 346 g/mol. The summed E-state index contributed by atoms with van der Waals surface area (Å²) >= 11 is 0. The molecule has 8 heteroatoms. The summed E-state index contributed by atoms with van der Waals surface area (Å²) in [6, 6.07) is 10.6. The first kappa shape index (κ1) is 18.1. The summed E-state index contributed by atoms with van der Waals surface area (Å²) in [6.45, 7) is 0.367. The van der Waals surface area contributed by atoms with Crippen molar-refractivity contribution in [1.82, 2.24) is 20.3 Å². The predicted molar refractivity (Wildman–Crippen MR) is 100 cm³/mol. The maximum Gasteiger partial charge on any atom is 0.270 e. The van der Waals surface area contributed by atoms with E-state index in [0.717, 1.165) is 5.56 Å². The van der Waals surface area contributed by atoms with E-state index in [1.54, 1.807) is 50.9 Å². The highest BCUT2D eigenvalue weighted by Crippen LogP contribution is 2.30. The number of hydrogen-bond acceptors (Lipinski definition) is 7.